The van der Waals surface area contributed by atoms with E-state index in [0.29, 0.717) is 6.42 Å². The molecule has 1 fully saturated rings. The molecular weight excluding hydrogens is 767 g/mol. The van der Waals surface area contributed by atoms with Crippen molar-refractivity contribution in [3.63, 3.8) is 0 Å². The number of aliphatic hydroxyl groups excluding tert-OH is 5. The van der Waals surface area contributed by atoms with E-state index in [1.807, 2.05) is 6.08 Å². The Morgan fingerprint density at radius 2 is 0.984 bits per heavy atom. The number of nitrogens with one attached hydrogen (secondary N) is 1. The van der Waals surface area contributed by atoms with E-state index in [1.165, 1.54) is 135 Å². The summed E-state index contributed by atoms with van der Waals surface area (Å²) in [6, 6.07) is -0.821. The van der Waals surface area contributed by atoms with Crippen LogP contribution in [0.4, 0.5) is 0 Å². The molecule has 1 saturated heterocycles. The van der Waals surface area contributed by atoms with Crippen molar-refractivity contribution in [2.75, 3.05) is 13.2 Å². The lowest BCUT2D eigenvalue weighted by Gasteiger charge is -2.40. The highest BCUT2D eigenvalue weighted by Crippen LogP contribution is 2.22. The van der Waals surface area contributed by atoms with Crippen molar-refractivity contribution in [3.05, 3.63) is 60.8 Å². The number of hydrogen-bond donors (Lipinski definition) is 6. The van der Waals surface area contributed by atoms with E-state index in [0.717, 1.165) is 51.4 Å². The quantitative estimate of drug-likeness (QED) is 0.0263. The number of amides is 1. The summed E-state index contributed by atoms with van der Waals surface area (Å²) < 4.78 is 11.2. The number of rotatable bonds is 41. The normalized spacial score (nSPS) is 20.9. The molecule has 0 aromatic rings. The average Bonchev–Trinajstić information content (AvgIpc) is 3.26. The van der Waals surface area contributed by atoms with Crippen LogP contribution in [0.5, 0.6) is 0 Å². The molecule has 0 saturated carbocycles. The van der Waals surface area contributed by atoms with Gasteiger partial charge in [-0.2, -0.15) is 0 Å². The number of hydrogen-bond acceptors (Lipinski definition) is 8. The van der Waals surface area contributed by atoms with E-state index in [4.69, 9.17) is 9.47 Å². The molecule has 1 rings (SSSR count). The van der Waals surface area contributed by atoms with Gasteiger partial charge in [0.2, 0.25) is 5.91 Å². The van der Waals surface area contributed by atoms with Gasteiger partial charge in [-0.3, -0.25) is 4.79 Å². The maximum absolute atomic E-state index is 12.9. The lowest BCUT2D eigenvalue weighted by Crippen LogP contribution is -2.60. The molecule has 0 bridgehead atoms. The predicted octanol–water partition coefficient (Wildman–Crippen LogP) is 11.2. The lowest BCUT2D eigenvalue weighted by molar-refractivity contribution is -0.302. The van der Waals surface area contributed by atoms with E-state index >= 15 is 0 Å². The van der Waals surface area contributed by atoms with Crippen molar-refractivity contribution < 1.29 is 39.8 Å². The molecule has 1 heterocycles. The van der Waals surface area contributed by atoms with Crippen LogP contribution in [0.2, 0.25) is 0 Å². The van der Waals surface area contributed by atoms with Crippen LogP contribution in [0.25, 0.3) is 0 Å². The first-order valence-electron chi connectivity index (χ1n) is 25.0. The Balaban J connectivity index is 2.16. The van der Waals surface area contributed by atoms with Crippen molar-refractivity contribution in [3.8, 4) is 0 Å². The summed E-state index contributed by atoms with van der Waals surface area (Å²) in [6.07, 6.45) is 48.7. The summed E-state index contributed by atoms with van der Waals surface area (Å²) in [7, 11) is 0. The van der Waals surface area contributed by atoms with Crippen molar-refractivity contribution >= 4 is 5.91 Å². The van der Waals surface area contributed by atoms with Crippen LogP contribution in [-0.4, -0.2) is 87.5 Å². The fourth-order valence-corrected chi connectivity index (χ4v) is 7.53. The van der Waals surface area contributed by atoms with Crippen LogP contribution >= 0.6 is 0 Å². The highest BCUT2D eigenvalue weighted by Gasteiger charge is 2.44. The zero-order valence-corrected chi connectivity index (χ0v) is 38.9. The molecule has 9 nitrogen and oxygen atoms in total. The van der Waals surface area contributed by atoms with Crippen molar-refractivity contribution in [2.24, 2.45) is 0 Å². The second-order valence-corrected chi connectivity index (χ2v) is 17.2. The monoisotopic (exact) mass is 860 g/mol. The molecule has 7 atom stereocenters. The van der Waals surface area contributed by atoms with Gasteiger partial charge in [0.15, 0.2) is 6.29 Å². The molecule has 7 unspecified atom stereocenters. The maximum Gasteiger partial charge on any atom is 0.220 e. The maximum atomic E-state index is 12.9. The minimum atomic E-state index is -1.57. The molecule has 0 aromatic heterocycles. The number of ether oxygens (including phenoxy) is 2. The van der Waals surface area contributed by atoms with Crippen LogP contribution in [0.1, 0.15) is 206 Å². The van der Waals surface area contributed by atoms with Crippen molar-refractivity contribution in [1.82, 2.24) is 5.32 Å². The van der Waals surface area contributed by atoms with Gasteiger partial charge < -0.3 is 40.3 Å². The lowest BCUT2D eigenvalue weighted by atomic mass is 9.99. The van der Waals surface area contributed by atoms with E-state index in [9.17, 15) is 30.3 Å². The molecule has 1 amide bonds. The van der Waals surface area contributed by atoms with Crippen LogP contribution in [0, 0.1) is 0 Å². The standard InChI is InChI=1S/C52H93NO8/c1-3-5-7-9-11-13-14-15-16-17-18-19-20-21-22-23-24-25-26-27-28-29-30-31-32-34-36-38-40-42-48(56)53-45(46(55)41-39-37-35-33-12-10-8-6-4-2)44-60-52-51(59)50(58)49(57)47(43-54)61-52/h12,14-15,17-18,20-21,33,39,41,45-47,49-52,54-55,57-59H,3-11,13,16,19,22-32,34-38,40,42-44H2,1-2H3,(H,53,56)/b15-14-,18-17-,21-20-,33-12+,41-39+. The number of allylic oxidation sites excluding steroid dienone is 9. The van der Waals surface area contributed by atoms with E-state index < -0.39 is 49.5 Å². The molecule has 1 aliphatic heterocycles. The molecule has 6 N–H and O–H groups in total. The zero-order valence-electron chi connectivity index (χ0n) is 38.9. The van der Waals surface area contributed by atoms with Crippen LogP contribution < -0.4 is 5.32 Å². The third-order valence-electron chi connectivity index (χ3n) is 11.6. The largest absolute Gasteiger partial charge is 0.394 e. The van der Waals surface area contributed by atoms with Gasteiger partial charge >= 0.3 is 0 Å². The van der Waals surface area contributed by atoms with Gasteiger partial charge in [0.1, 0.15) is 24.4 Å². The molecule has 0 aliphatic carbocycles. The van der Waals surface area contributed by atoms with E-state index in [1.54, 1.807) is 6.08 Å². The first-order chi connectivity index (χ1) is 29.8. The Bertz CT molecular complexity index is 1140. The smallest absolute Gasteiger partial charge is 0.220 e. The summed E-state index contributed by atoms with van der Waals surface area (Å²) in [6.45, 7) is 3.68. The van der Waals surface area contributed by atoms with Crippen LogP contribution in [0.15, 0.2) is 60.8 Å². The average molecular weight is 860 g/mol. The topological polar surface area (TPSA) is 149 Å². The molecule has 0 spiro atoms. The number of aliphatic hydroxyl groups is 5. The van der Waals surface area contributed by atoms with Gasteiger partial charge in [-0.05, 0) is 70.6 Å². The molecule has 0 aromatic carbocycles. The SMILES string of the molecule is CCCCC/C=C/CC/C=C/C(O)C(COC1OC(CO)C(O)C(O)C1O)NC(=O)CCCCCCCCCCCCCCCC/C=C\C/C=C\C/C=C\CCCCCCC. The predicted molar refractivity (Wildman–Crippen MR) is 253 cm³/mol. The highest BCUT2D eigenvalue weighted by atomic mass is 16.7. The summed E-state index contributed by atoms with van der Waals surface area (Å²) in [5.74, 6) is -0.192. The Morgan fingerprint density at radius 3 is 1.52 bits per heavy atom. The molecule has 0 radical (unpaired) electrons. The number of carbonyl (C=O) groups is 1. The summed E-state index contributed by atoms with van der Waals surface area (Å²) in [4.78, 5) is 12.9. The minimum Gasteiger partial charge on any atom is -0.394 e. The Labute approximate surface area is 373 Å². The molecule has 1 aliphatic rings. The van der Waals surface area contributed by atoms with Crippen molar-refractivity contribution in [2.45, 2.75) is 249 Å². The highest BCUT2D eigenvalue weighted by molar-refractivity contribution is 5.76. The third kappa shape index (κ3) is 32.2. The Morgan fingerprint density at radius 1 is 0.557 bits per heavy atom. The number of unbranched alkanes of at least 4 members (excludes halogenated alkanes) is 23. The van der Waals surface area contributed by atoms with Crippen LogP contribution in [-0.2, 0) is 14.3 Å². The summed E-state index contributed by atoms with van der Waals surface area (Å²) in [5.41, 5.74) is 0. The second kappa shape index (κ2) is 41.9. The Kier molecular flexibility index (Phi) is 39.1. The first-order valence-corrected chi connectivity index (χ1v) is 25.0. The van der Waals surface area contributed by atoms with Crippen molar-refractivity contribution in [1.29, 1.82) is 0 Å². The molecular formula is C52H93NO8. The van der Waals surface area contributed by atoms with Gasteiger partial charge in [0, 0.05) is 6.42 Å². The van der Waals surface area contributed by atoms with Gasteiger partial charge in [-0.25, -0.2) is 0 Å². The fraction of sp³-hybridized carbons (Fsp3) is 0.788. The van der Waals surface area contributed by atoms with E-state index in [2.05, 4.69) is 67.8 Å². The Hall–Kier alpha value is -2.11. The van der Waals surface area contributed by atoms with Gasteiger partial charge in [0.25, 0.3) is 0 Å². The second-order valence-electron chi connectivity index (χ2n) is 17.2. The van der Waals surface area contributed by atoms with Gasteiger partial charge in [0.05, 0.1) is 25.4 Å². The van der Waals surface area contributed by atoms with Gasteiger partial charge in [-0.1, -0.05) is 190 Å². The first kappa shape index (κ1) is 56.9. The molecule has 9 heteroatoms. The summed E-state index contributed by atoms with van der Waals surface area (Å²) in [5, 5.41) is 54.0. The molecule has 354 valence electrons. The summed E-state index contributed by atoms with van der Waals surface area (Å²) >= 11 is 0. The fourth-order valence-electron chi connectivity index (χ4n) is 7.53. The minimum absolute atomic E-state index is 0.192. The van der Waals surface area contributed by atoms with Crippen LogP contribution in [0.3, 0.4) is 0 Å². The zero-order chi connectivity index (χ0) is 44.4. The van der Waals surface area contributed by atoms with E-state index in [-0.39, 0.29) is 12.5 Å². The molecule has 61 heavy (non-hydrogen) atoms. The third-order valence-corrected chi connectivity index (χ3v) is 11.6. The number of carbonyl (C=O) groups excluding carboxylic acids is 1. The van der Waals surface area contributed by atoms with Gasteiger partial charge in [-0.15, -0.1) is 0 Å².